The monoisotopic (exact) mass is 542 g/mol. The first-order valence-electron chi connectivity index (χ1n) is 14.0. The van der Waals surface area contributed by atoms with Gasteiger partial charge in [0, 0.05) is 37.3 Å². The predicted molar refractivity (Wildman–Crippen MR) is 138 cm³/mol. The van der Waals surface area contributed by atoms with Crippen LogP contribution in [0.4, 0.5) is 14.5 Å². The molecule has 1 aromatic rings. The van der Waals surface area contributed by atoms with Gasteiger partial charge in [0.05, 0.1) is 17.7 Å². The molecule has 9 nitrogen and oxygen atoms in total. The Morgan fingerprint density at radius 1 is 1.23 bits per heavy atom. The third kappa shape index (κ3) is 5.99. The number of fused-ring (bicyclic) bond motifs is 3. The Bertz CT molecular complexity index is 1150. The van der Waals surface area contributed by atoms with Crippen LogP contribution in [0.3, 0.4) is 0 Å². The summed E-state index contributed by atoms with van der Waals surface area (Å²) in [5.74, 6) is -5.77. The lowest BCUT2D eigenvalue weighted by Gasteiger charge is -2.54. The van der Waals surface area contributed by atoms with E-state index >= 15 is 8.78 Å². The number of carbonyl (C=O) groups is 3. The predicted octanol–water partition coefficient (Wildman–Crippen LogP) is 2.91. The normalized spacial score (nSPS) is 29.1. The van der Waals surface area contributed by atoms with Crippen molar-refractivity contribution in [3.8, 4) is 6.07 Å². The second kappa shape index (κ2) is 11.1. The number of hydrogen-bond donors (Lipinski definition) is 3. The molecule has 4 heterocycles. The highest BCUT2D eigenvalue weighted by Gasteiger charge is 2.61. The van der Waals surface area contributed by atoms with E-state index in [4.69, 9.17) is 0 Å². The van der Waals surface area contributed by atoms with Crippen molar-refractivity contribution in [1.82, 2.24) is 20.5 Å². The van der Waals surface area contributed by atoms with Crippen molar-refractivity contribution in [1.29, 1.82) is 5.26 Å². The molecule has 5 fully saturated rings. The van der Waals surface area contributed by atoms with Crippen molar-refractivity contribution in [3.63, 3.8) is 0 Å². The number of rotatable bonds is 9. The van der Waals surface area contributed by atoms with E-state index in [9.17, 15) is 19.6 Å². The maximum absolute atomic E-state index is 15.1. The number of pyridine rings is 1. The fraction of sp³-hybridized carbons (Fsp3) is 0.679. The molecule has 2 saturated carbocycles. The van der Waals surface area contributed by atoms with Crippen LogP contribution >= 0.6 is 0 Å². The van der Waals surface area contributed by atoms with Crippen LogP contribution in [0.15, 0.2) is 18.5 Å². The molecular formula is C28H36F2N6O3. The molecule has 5 aliphatic rings. The van der Waals surface area contributed by atoms with Gasteiger partial charge in [-0.15, -0.1) is 0 Å². The molecule has 3 N–H and O–H groups in total. The lowest BCUT2D eigenvalue weighted by Crippen LogP contribution is -2.70. The van der Waals surface area contributed by atoms with E-state index in [0.717, 1.165) is 24.8 Å². The Kier molecular flexibility index (Phi) is 7.74. The number of amides is 3. The fourth-order valence-corrected chi connectivity index (χ4v) is 6.49. The summed E-state index contributed by atoms with van der Waals surface area (Å²) in [6.07, 6.45) is 7.42. The number of aryl methyl sites for hydroxylation is 1. The van der Waals surface area contributed by atoms with E-state index in [2.05, 4.69) is 20.9 Å². The number of nitrogens with zero attached hydrogens (tertiary/aromatic N) is 3. The molecule has 2 aliphatic carbocycles. The average molecular weight is 543 g/mol. The SMILES string of the molecule is Cc1cncc(N[C@H](CC2CC2)C(=O)N2[C@H]3CC[C@@H]([C@H]2C(=O)N[C@H](C#N)C[C@@H]2CCCNC2=O)C(F)(F)C3)c1. The van der Waals surface area contributed by atoms with Gasteiger partial charge >= 0.3 is 0 Å². The molecule has 6 atom stereocenters. The molecule has 39 heavy (non-hydrogen) atoms. The Hall–Kier alpha value is -3.29. The average Bonchev–Trinajstić information content (AvgIpc) is 3.72. The number of aromatic nitrogens is 1. The Labute approximate surface area is 227 Å². The van der Waals surface area contributed by atoms with E-state index in [0.29, 0.717) is 37.4 Å². The number of piperidine rings is 3. The number of anilines is 1. The van der Waals surface area contributed by atoms with Crippen LogP contribution in [-0.2, 0) is 14.4 Å². The van der Waals surface area contributed by atoms with E-state index in [1.165, 1.54) is 4.90 Å². The van der Waals surface area contributed by atoms with Crippen LogP contribution in [0.5, 0.6) is 0 Å². The number of alkyl halides is 2. The second-order valence-corrected chi connectivity index (χ2v) is 11.7. The number of halogens is 2. The van der Waals surface area contributed by atoms with Crippen molar-refractivity contribution in [2.75, 3.05) is 11.9 Å². The van der Waals surface area contributed by atoms with E-state index in [1.807, 2.05) is 19.1 Å². The van der Waals surface area contributed by atoms with Gasteiger partial charge in [-0.1, -0.05) is 12.8 Å². The second-order valence-electron chi connectivity index (χ2n) is 11.7. The summed E-state index contributed by atoms with van der Waals surface area (Å²) in [6, 6.07) is 0.0543. The third-order valence-corrected chi connectivity index (χ3v) is 8.63. The van der Waals surface area contributed by atoms with Crippen molar-refractivity contribution in [2.24, 2.45) is 17.8 Å². The van der Waals surface area contributed by atoms with Gasteiger partial charge in [0.2, 0.25) is 17.7 Å². The molecule has 0 radical (unpaired) electrons. The van der Waals surface area contributed by atoms with Crippen molar-refractivity contribution < 1.29 is 23.2 Å². The number of hydrogen-bond acceptors (Lipinski definition) is 6. The van der Waals surface area contributed by atoms with E-state index in [1.54, 1.807) is 12.4 Å². The third-order valence-electron chi connectivity index (χ3n) is 8.63. The zero-order valence-corrected chi connectivity index (χ0v) is 22.2. The molecule has 0 spiro atoms. The maximum atomic E-state index is 15.1. The summed E-state index contributed by atoms with van der Waals surface area (Å²) in [5.41, 5.74) is 1.58. The van der Waals surface area contributed by atoms with Crippen molar-refractivity contribution >= 4 is 23.4 Å². The quantitative estimate of drug-likeness (QED) is 0.440. The molecule has 1 aromatic heterocycles. The molecule has 3 aliphatic heterocycles. The summed E-state index contributed by atoms with van der Waals surface area (Å²) in [7, 11) is 0. The van der Waals surface area contributed by atoms with Gasteiger partial charge in [-0.3, -0.25) is 19.4 Å². The summed E-state index contributed by atoms with van der Waals surface area (Å²) < 4.78 is 30.3. The molecule has 11 heteroatoms. The van der Waals surface area contributed by atoms with Crippen LogP contribution in [0.25, 0.3) is 0 Å². The Balaban J connectivity index is 1.38. The molecule has 3 saturated heterocycles. The zero-order valence-electron chi connectivity index (χ0n) is 22.2. The highest BCUT2D eigenvalue weighted by atomic mass is 19.3. The van der Waals surface area contributed by atoms with Crippen molar-refractivity contribution in [3.05, 3.63) is 24.0 Å². The summed E-state index contributed by atoms with van der Waals surface area (Å²) in [5, 5.41) is 18.4. The topological polar surface area (TPSA) is 127 Å². The van der Waals surface area contributed by atoms with Crippen LogP contribution in [-0.4, -0.2) is 64.2 Å². The molecule has 3 amide bonds. The van der Waals surface area contributed by atoms with Gasteiger partial charge < -0.3 is 20.9 Å². The van der Waals surface area contributed by atoms with Gasteiger partial charge in [0.25, 0.3) is 5.92 Å². The zero-order chi connectivity index (χ0) is 27.7. The maximum Gasteiger partial charge on any atom is 0.255 e. The Morgan fingerprint density at radius 2 is 2.03 bits per heavy atom. The minimum Gasteiger partial charge on any atom is -0.372 e. The highest BCUT2D eigenvalue weighted by Crippen LogP contribution is 2.49. The van der Waals surface area contributed by atoms with Gasteiger partial charge in [-0.25, -0.2) is 8.78 Å². The van der Waals surface area contributed by atoms with Gasteiger partial charge in [-0.2, -0.15) is 5.26 Å². The lowest BCUT2D eigenvalue weighted by atomic mass is 9.71. The van der Waals surface area contributed by atoms with Crippen LogP contribution in [0.2, 0.25) is 0 Å². The number of carbonyl (C=O) groups excluding carboxylic acids is 3. The summed E-state index contributed by atoms with van der Waals surface area (Å²) in [4.78, 5) is 45.5. The molecule has 0 unspecified atom stereocenters. The van der Waals surface area contributed by atoms with E-state index < -0.39 is 54.3 Å². The minimum atomic E-state index is -3.09. The minimum absolute atomic E-state index is 0.103. The Morgan fingerprint density at radius 3 is 2.69 bits per heavy atom. The molecule has 6 rings (SSSR count). The molecule has 2 bridgehead atoms. The standard InChI is InChI=1S/C28H36F2N6O3/c1-16-9-20(15-32-14-16)34-23(10-17-4-5-17)27(39)36-21-6-7-22(28(29,30)12-21)24(36)26(38)35-19(13-31)11-18-3-2-8-33-25(18)37/h9,14-15,17-19,21-24,34H,2-8,10-12H2,1H3,(H,33,37)(H,35,38)/t18-,19-,21-,22-,23+,24-/m0/s1. The first-order valence-corrected chi connectivity index (χ1v) is 14.0. The van der Waals surface area contributed by atoms with Crippen molar-refractivity contribution in [2.45, 2.75) is 94.8 Å². The van der Waals surface area contributed by atoms with Crippen LogP contribution < -0.4 is 16.0 Å². The first kappa shape index (κ1) is 27.3. The number of nitriles is 1. The number of nitrogens with one attached hydrogen (secondary N) is 3. The van der Waals surface area contributed by atoms with Gasteiger partial charge in [-0.05, 0) is 63.0 Å². The van der Waals surface area contributed by atoms with E-state index in [-0.39, 0.29) is 24.7 Å². The first-order chi connectivity index (χ1) is 18.7. The van der Waals surface area contributed by atoms with Crippen LogP contribution in [0.1, 0.15) is 63.4 Å². The molecular weight excluding hydrogens is 506 g/mol. The summed E-state index contributed by atoms with van der Waals surface area (Å²) in [6.45, 7) is 2.47. The fourth-order valence-electron chi connectivity index (χ4n) is 6.49. The highest BCUT2D eigenvalue weighted by molar-refractivity contribution is 5.92. The smallest absolute Gasteiger partial charge is 0.255 e. The largest absolute Gasteiger partial charge is 0.372 e. The molecule has 0 aromatic carbocycles. The summed E-state index contributed by atoms with van der Waals surface area (Å²) >= 11 is 0. The van der Waals surface area contributed by atoms with Crippen LogP contribution in [0, 0.1) is 36.0 Å². The van der Waals surface area contributed by atoms with Gasteiger partial charge in [0.1, 0.15) is 18.1 Å². The lowest BCUT2D eigenvalue weighted by molar-refractivity contribution is -0.194. The molecule has 210 valence electrons. The van der Waals surface area contributed by atoms with Gasteiger partial charge in [0.15, 0.2) is 0 Å².